The molecule has 3 aliphatic rings. The van der Waals surface area contributed by atoms with Crippen molar-refractivity contribution in [3.8, 4) is 0 Å². The molecule has 29 heavy (non-hydrogen) atoms. The predicted molar refractivity (Wildman–Crippen MR) is 105 cm³/mol. The summed E-state index contributed by atoms with van der Waals surface area (Å²) in [5, 5.41) is 3.88. The van der Waals surface area contributed by atoms with Gasteiger partial charge in [-0.1, -0.05) is 43.2 Å². The summed E-state index contributed by atoms with van der Waals surface area (Å²) < 4.78 is 23.8. The molecule has 2 heterocycles. The topological polar surface area (TPSA) is 104 Å². The van der Waals surface area contributed by atoms with Crippen molar-refractivity contribution in [2.45, 2.75) is 43.8 Å². The van der Waals surface area contributed by atoms with Crippen LogP contribution in [0.25, 0.3) is 0 Å². The highest BCUT2D eigenvalue weighted by atomic mass is 32.2. The third-order valence-corrected chi connectivity index (χ3v) is 7.20. The lowest BCUT2D eigenvalue weighted by atomic mass is 9.98. The van der Waals surface area contributed by atoms with Crippen LogP contribution in [0.5, 0.6) is 0 Å². The summed E-state index contributed by atoms with van der Waals surface area (Å²) in [5.41, 5.74) is -0.0406. The van der Waals surface area contributed by atoms with Crippen LogP contribution in [0.2, 0.25) is 0 Å². The quantitative estimate of drug-likeness (QED) is 0.725. The molecule has 4 rings (SSSR count). The van der Waals surface area contributed by atoms with Crippen LogP contribution in [0.3, 0.4) is 0 Å². The first-order valence-corrected chi connectivity index (χ1v) is 11.4. The molecule has 0 radical (unpaired) electrons. The zero-order valence-electron chi connectivity index (χ0n) is 15.9. The number of amides is 4. The summed E-state index contributed by atoms with van der Waals surface area (Å²) in [5.74, 6) is -1.02. The van der Waals surface area contributed by atoms with Crippen LogP contribution >= 0.6 is 0 Å². The summed E-state index contributed by atoms with van der Waals surface area (Å²) >= 11 is 0. The Kier molecular flexibility index (Phi) is 4.94. The van der Waals surface area contributed by atoms with E-state index in [1.165, 1.54) is 11.0 Å². The fourth-order valence-corrected chi connectivity index (χ4v) is 5.59. The third-order valence-electron chi connectivity index (χ3n) is 5.82. The number of nitrogens with one attached hydrogen (secondary N) is 1. The Morgan fingerprint density at radius 2 is 1.86 bits per heavy atom. The first-order valence-electron chi connectivity index (χ1n) is 9.68. The Morgan fingerprint density at radius 3 is 2.48 bits per heavy atom. The van der Waals surface area contributed by atoms with Crippen molar-refractivity contribution in [3.63, 3.8) is 0 Å². The largest absolute Gasteiger partial charge is 0.329 e. The standard InChI is InChI=1S/C20H23N3O5S/c24-17(13-23-18(25)20(21-19(23)26)9-4-5-10-20)22(12-15-6-2-1-3-7-15)16-8-11-29(27,28)14-16/h1-3,6-8,11,16H,4-5,9-10,12-14H2,(H,21,26)/t16-/m0/s1. The van der Waals surface area contributed by atoms with Gasteiger partial charge in [0.1, 0.15) is 12.1 Å². The highest BCUT2D eigenvalue weighted by Crippen LogP contribution is 2.35. The van der Waals surface area contributed by atoms with E-state index in [2.05, 4.69) is 5.32 Å². The zero-order valence-corrected chi connectivity index (χ0v) is 16.7. The van der Waals surface area contributed by atoms with Crippen molar-refractivity contribution >= 4 is 27.7 Å². The first kappa shape index (κ1) is 19.6. The van der Waals surface area contributed by atoms with E-state index in [4.69, 9.17) is 0 Å². The lowest BCUT2D eigenvalue weighted by Crippen LogP contribution is -2.48. The number of nitrogens with zero attached hydrogens (tertiary/aromatic N) is 2. The predicted octanol–water partition coefficient (Wildman–Crippen LogP) is 1.19. The SMILES string of the molecule is O=C1NC2(CCCC2)C(=O)N1CC(=O)N(Cc1ccccc1)[C@H]1C=CS(=O)(=O)C1. The maximum Gasteiger partial charge on any atom is 0.325 e. The number of urea groups is 1. The Hall–Kier alpha value is -2.68. The third kappa shape index (κ3) is 3.78. The fourth-order valence-electron chi connectivity index (χ4n) is 4.29. The number of benzene rings is 1. The second kappa shape index (κ2) is 7.29. The van der Waals surface area contributed by atoms with E-state index < -0.39 is 39.9 Å². The Morgan fingerprint density at radius 1 is 1.17 bits per heavy atom. The first-order chi connectivity index (χ1) is 13.8. The molecule has 1 aliphatic carbocycles. The molecule has 0 aromatic heterocycles. The smallest absolute Gasteiger partial charge is 0.325 e. The van der Waals surface area contributed by atoms with Gasteiger partial charge in [0.05, 0.1) is 11.8 Å². The monoisotopic (exact) mass is 417 g/mol. The Balaban J connectivity index is 1.54. The maximum absolute atomic E-state index is 13.1. The minimum atomic E-state index is -3.37. The Bertz CT molecular complexity index is 967. The van der Waals surface area contributed by atoms with Crippen molar-refractivity contribution < 1.29 is 22.8 Å². The van der Waals surface area contributed by atoms with Crippen LogP contribution in [-0.4, -0.2) is 59.9 Å². The molecule has 1 N–H and O–H groups in total. The van der Waals surface area contributed by atoms with E-state index in [0.717, 1.165) is 28.7 Å². The van der Waals surface area contributed by atoms with Gasteiger partial charge in [-0.2, -0.15) is 0 Å². The normalized spacial score (nSPS) is 24.3. The molecular weight excluding hydrogens is 394 g/mol. The Labute approximate surface area is 169 Å². The highest BCUT2D eigenvalue weighted by Gasteiger charge is 2.53. The van der Waals surface area contributed by atoms with Gasteiger partial charge in [-0.3, -0.25) is 14.5 Å². The van der Waals surface area contributed by atoms with Crippen LogP contribution < -0.4 is 5.32 Å². The van der Waals surface area contributed by atoms with E-state index in [0.29, 0.717) is 12.8 Å². The molecule has 1 saturated carbocycles. The summed E-state index contributed by atoms with van der Waals surface area (Å²) in [6.07, 6.45) is 4.37. The van der Waals surface area contributed by atoms with E-state index in [9.17, 15) is 22.8 Å². The molecule has 154 valence electrons. The highest BCUT2D eigenvalue weighted by molar-refractivity contribution is 7.94. The molecule has 1 aromatic carbocycles. The van der Waals surface area contributed by atoms with Gasteiger partial charge < -0.3 is 10.2 Å². The lowest BCUT2D eigenvalue weighted by molar-refractivity contribution is -0.139. The molecule has 9 heteroatoms. The molecule has 1 spiro atoms. The molecular formula is C20H23N3O5S. The van der Waals surface area contributed by atoms with Gasteiger partial charge in [0.25, 0.3) is 5.91 Å². The number of rotatable bonds is 5. The molecule has 4 amide bonds. The molecule has 1 atom stereocenters. The van der Waals surface area contributed by atoms with Crippen molar-refractivity contribution in [2.75, 3.05) is 12.3 Å². The summed E-state index contributed by atoms with van der Waals surface area (Å²) in [7, 11) is -3.37. The molecule has 1 aromatic rings. The fraction of sp³-hybridized carbons (Fsp3) is 0.450. The molecule has 2 fully saturated rings. The number of sulfone groups is 1. The number of carbonyl (C=O) groups is 3. The average Bonchev–Trinajstić information content (AvgIpc) is 3.36. The zero-order chi connectivity index (χ0) is 20.6. The van der Waals surface area contributed by atoms with E-state index in [-0.39, 0.29) is 18.2 Å². The minimum absolute atomic E-state index is 0.193. The van der Waals surface area contributed by atoms with Gasteiger partial charge in [-0.25, -0.2) is 13.2 Å². The van der Waals surface area contributed by atoms with Crippen molar-refractivity contribution in [1.82, 2.24) is 15.1 Å². The van der Waals surface area contributed by atoms with E-state index in [1.54, 1.807) is 0 Å². The van der Waals surface area contributed by atoms with Crippen LogP contribution in [-0.2, 0) is 26.0 Å². The number of hydrogen-bond donors (Lipinski definition) is 1. The van der Waals surface area contributed by atoms with Crippen molar-refractivity contribution in [1.29, 1.82) is 0 Å². The molecule has 8 nitrogen and oxygen atoms in total. The summed E-state index contributed by atoms with van der Waals surface area (Å²) in [4.78, 5) is 40.8. The van der Waals surface area contributed by atoms with Gasteiger partial charge in [0, 0.05) is 12.0 Å². The van der Waals surface area contributed by atoms with Crippen molar-refractivity contribution in [3.05, 3.63) is 47.4 Å². The summed E-state index contributed by atoms with van der Waals surface area (Å²) in [6.45, 7) is -0.206. The molecule has 0 bridgehead atoms. The van der Waals surface area contributed by atoms with Crippen LogP contribution in [0.4, 0.5) is 4.79 Å². The average molecular weight is 417 g/mol. The number of carbonyl (C=O) groups excluding carboxylic acids is 3. The molecule has 1 saturated heterocycles. The number of hydrogen-bond acceptors (Lipinski definition) is 5. The van der Waals surface area contributed by atoms with E-state index in [1.807, 2.05) is 30.3 Å². The van der Waals surface area contributed by atoms with Crippen LogP contribution in [0, 0.1) is 0 Å². The van der Waals surface area contributed by atoms with Gasteiger partial charge in [-0.15, -0.1) is 0 Å². The second-order valence-corrected chi connectivity index (χ2v) is 9.77. The van der Waals surface area contributed by atoms with Crippen LogP contribution in [0.15, 0.2) is 41.8 Å². The van der Waals surface area contributed by atoms with Gasteiger partial charge in [0.2, 0.25) is 5.91 Å². The van der Waals surface area contributed by atoms with Gasteiger partial charge in [-0.05, 0) is 24.5 Å². The van der Waals surface area contributed by atoms with Gasteiger partial charge in [0.15, 0.2) is 9.84 Å². The maximum atomic E-state index is 13.1. The lowest BCUT2D eigenvalue weighted by Gasteiger charge is -2.29. The van der Waals surface area contributed by atoms with E-state index >= 15 is 0 Å². The van der Waals surface area contributed by atoms with Crippen molar-refractivity contribution in [2.24, 2.45) is 0 Å². The minimum Gasteiger partial charge on any atom is -0.329 e. The number of imide groups is 1. The summed E-state index contributed by atoms with van der Waals surface area (Å²) in [6, 6.07) is 8.02. The van der Waals surface area contributed by atoms with Gasteiger partial charge >= 0.3 is 6.03 Å². The molecule has 2 aliphatic heterocycles. The van der Waals surface area contributed by atoms with Crippen LogP contribution in [0.1, 0.15) is 31.2 Å². The molecule has 0 unspecified atom stereocenters. The second-order valence-electron chi connectivity index (χ2n) is 7.84.